The van der Waals surface area contributed by atoms with Gasteiger partial charge in [-0.25, -0.2) is 9.97 Å². The predicted octanol–water partition coefficient (Wildman–Crippen LogP) is -0.556. The van der Waals surface area contributed by atoms with Crippen molar-refractivity contribution in [1.29, 1.82) is 0 Å². The van der Waals surface area contributed by atoms with Gasteiger partial charge in [0.05, 0.1) is 6.33 Å². The maximum Gasteiger partial charge on any atom is 0.303 e. The van der Waals surface area contributed by atoms with E-state index in [0.29, 0.717) is 0 Å². The lowest BCUT2D eigenvalue weighted by Crippen LogP contribution is -2.40. The minimum absolute atomic E-state index is 0.0827. The molecule has 1 aliphatic rings. The van der Waals surface area contributed by atoms with Gasteiger partial charge in [0.1, 0.15) is 19.0 Å². The number of carbonyl (C=O) groups is 3. The van der Waals surface area contributed by atoms with Crippen LogP contribution < -0.4 is 5.56 Å². The van der Waals surface area contributed by atoms with E-state index in [0.717, 1.165) is 0 Å². The van der Waals surface area contributed by atoms with E-state index in [1.807, 2.05) is 0 Å². The quantitative estimate of drug-likeness (QED) is 0.516. The summed E-state index contributed by atoms with van der Waals surface area (Å²) in [4.78, 5) is 57.0. The van der Waals surface area contributed by atoms with Gasteiger partial charge < -0.3 is 23.9 Å². The normalized spacial score (nSPS) is 24.1. The van der Waals surface area contributed by atoms with Crippen LogP contribution in [0, 0.1) is 0 Å². The molecule has 3 rings (SSSR count). The Labute approximate surface area is 157 Å². The van der Waals surface area contributed by atoms with Gasteiger partial charge in [-0.3, -0.25) is 23.7 Å². The zero-order valence-electron chi connectivity index (χ0n) is 15.3. The summed E-state index contributed by atoms with van der Waals surface area (Å²) in [6.45, 7) is 3.33. The second kappa shape index (κ2) is 7.76. The highest BCUT2D eigenvalue weighted by molar-refractivity contribution is 5.70. The average Bonchev–Trinajstić information content (AvgIpc) is 3.16. The summed E-state index contributed by atoms with van der Waals surface area (Å²) in [5, 5.41) is 0. The summed E-state index contributed by atoms with van der Waals surface area (Å²) in [6.07, 6.45) is -1.68. The Morgan fingerprint density at radius 2 is 1.79 bits per heavy atom. The minimum Gasteiger partial charge on any atom is -0.463 e. The molecule has 150 valence electrons. The lowest BCUT2D eigenvalue weighted by molar-refractivity contribution is -0.166. The van der Waals surface area contributed by atoms with E-state index in [9.17, 15) is 19.2 Å². The Kier molecular flexibility index (Phi) is 5.40. The fourth-order valence-electron chi connectivity index (χ4n) is 2.99. The van der Waals surface area contributed by atoms with Gasteiger partial charge in [0, 0.05) is 20.8 Å². The van der Waals surface area contributed by atoms with E-state index >= 15 is 0 Å². The minimum atomic E-state index is -1.11. The molecule has 1 N–H and O–H groups in total. The largest absolute Gasteiger partial charge is 0.463 e. The van der Waals surface area contributed by atoms with Crippen LogP contribution in [0.15, 0.2) is 17.4 Å². The summed E-state index contributed by atoms with van der Waals surface area (Å²) in [7, 11) is 0. The number of ether oxygens (including phenoxy) is 4. The zero-order valence-corrected chi connectivity index (χ0v) is 15.3. The first-order chi connectivity index (χ1) is 13.3. The number of hydrogen-bond acceptors (Lipinski definition) is 10. The Balaban J connectivity index is 2.03. The maximum absolute atomic E-state index is 12.2. The van der Waals surface area contributed by atoms with Crippen LogP contribution in [0.25, 0.3) is 11.2 Å². The smallest absolute Gasteiger partial charge is 0.303 e. The van der Waals surface area contributed by atoms with Crippen molar-refractivity contribution in [1.82, 2.24) is 19.5 Å². The van der Waals surface area contributed by atoms with E-state index in [4.69, 9.17) is 18.9 Å². The molecule has 3 heterocycles. The maximum atomic E-state index is 12.2. The van der Waals surface area contributed by atoms with Crippen LogP contribution in [-0.4, -0.2) is 62.3 Å². The first kappa shape index (κ1) is 19.5. The molecule has 12 heteroatoms. The van der Waals surface area contributed by atoms with E-state index in [1.54, 1.807) is 0 Å². The van der Waals surface area contributed by atoms with Gasteiger partial charge in [-0.15, -0.1) is 0 Å². The van der Waals surface area contributed by atoms with Crippen molar-refractivity contribution in [3.05, 3.63) is 23.0 Å². The molecule has 0 saturated carbocycles. The molecule has 2 aromatic rings. The number of nitrogens with zero attached hydrogens (tertiary/aromatic N) is 3. The number of aromatic nitrogens is 4. The molecule has 1 aliphatic heterocycles. The van der Waals surface area contributed by atoms with E-state index in [-0.39, 0.29) is 17.8 Å². The SMILES string of the molecule is CC(=O)OC[C@@H]1O[C@H](n2cnc3nc[nH]c(=O)c32)[C@H](OC(C)=O)[C@@H]1OC(C)=O. The number of carbonyl (C=O) groups excluding carboxylic acids is 3. The first-order valence-corrected chi connectivity index (χ1v) is 8.31. The summed E-state index contributed by atoms with van der Waals surface area (Å²) >= 11 is 0. The van der Waals surface area contributed by atoms with Gasteiger partial charge in [-0.1, -0.05) is 0 Å². The summed E-state index contributed by atoms with van der Waals surface area (Å²) in [6, 6.07) is 0. The Bertz CT molecular complexity index is 967. The number of rotatable bonds is 5. The lowest BCUT2D eigenvalue weighted by Gasteiger charge is -2.23. The second-order valence-corrected chi connectivity index (χ2v) is 6.07. The van der Waals surface area contributed by atoms with Crippen molar-refractivity contribution in [2.24, 2.45) is 0 Å². The van der Waals surface area contributed by atoms with Crippen molar-refractivity contribution in [3.63, 3.8) is 0 Å². The number of aromatic amines is 1. The van der Waals surface area contributed by atoms with E-state index in [2.05, 4.69) is 15.0 Å². The molecule has 12 nitrogen and oxygen atoms in total. The standard InChI is InChI=1S/C16H18N4O8/c1-7(21)25-4-10-12(26-8(2)22)13(27-9(3)23)16(28-10)20-6-19-14-11(20)15(24)18-5-17-14/h5-6,10,12-13,16H,4H2,1-3H3,(H,17,18,24)/t10-,12+,13+,16-/m0/s1. The zero-order chi connectivity index (χ0) is 20.4. The third-order valence-electron chi connectivity index (χ3n) is 3.99. The number of imidazole rings is 1. The molecular weight excluding hydrogens is 376 g/mol. The lowest BCUT2D eigenvalue weighted by atomic mass is 10.1. The van der Waals surface area contributed by atoms with Crippen LogP contribution in [0.3, 0.4) is 0 Å². The van der Waals surface area contributed by atoms with Crippen molar-refractivity contribution in [2.75, 3.05) is 6.61 Å². The molecule has 1 fully saturated rings. The Morgan fingerprint density at radius 1 is 1.11 bits per heavy atom. The molecule has 0 aliphatic carbocycles. The third-order valence-corrected chi connectivity index (χ3v) is 3.99. The number of fused-ring (bicyclic) bond motifs is 1. The molecule has 0 unspecified atom stereocenters. The molecule has 0 radical (unpaired) electrons. The van der Waals surface area contributed by atoms with Crippen molar-refractivity contribution in [2.45, 2.75) is 45.3 Å². The summed E-state index contributed by atoms with van der Waals surface area (Å²) < 4.78 is 22.8. The van der Waals surface area contributed by atoms with Gasteiger partial charge in [-0.2, -0.15) is 0 Å². The van der Waals surface area contributed by atoms with Gasteiger partial charge in [0.2, 0.25) is 0 Å². The second-order valence-electron chi connectivity index (χ2n) is 6.07. The Hall–Kier alpha value is -3.28. The molecule has 28 heavy (non-hydrogen) atoms. The highest BCUT2D eigenvalue weighted by Crippen LogP contribution is 2.35. The van der Waals surface area contributed by atoms with Crippen molar-refractivity contribution < 1.29 is 33.3 Å². The summed E-state index contributed by atoms with van der Waals surface area (Å²) in [5.41, 5.74) is -0.249. The predicted molar refractivity (Wildman–Crippen MR) is 89.8 cm³/mol. The highest BCUT2D eigenvalue weighted by Gasteiger charge is 2.51. The van der Waals surface area contributed by atoms with Crippen LogP contribution in [0.5, 0.6) is 0 Å². The number of H-pyrrole nitrogens is 1. The van der Waals surface area contributed by atoms with Gasteiger partial charge >= 0.3 is 17.9 Å². The third kappa shape index (κ3) is 3.86. The molecule has 2 aromatic heterocycles. The van der Waals surface area contributed by atoms with E-state index in [1.165, 1.54) is 38.0 Å². The molecule has 0 amide bonds. The number of esters is 3. The average molecular weight is 394 g/mol. The molecule has 0 spiro atoms. The molecule has 0 aromatic carbocycles. The Morgan fingerprint density at radius 3 is 2.43 bits per heavy atom. The molecular formula is C16H18N4O8. The fraction of sp³-hybridized carbons (Fsp3) is 0.500. The fourth-order valence-corrected chi connectivity index (χ4v) is 2.99. The van der Waals surface area contributed by atoms with Gasteiger partial charge in [0.25, 0.3) is 5.56 Å². The number of hydrogen-bond donors (Lipinski definition) is 1. The van der Waals surface area contributed by atoms with Gasteiger partial charge in [0.15, 0.2) is 29.6 Å². The molecule has 4 atom stereocenters. The van der Waals surface area contributed by atoms with Crippen molar-refractivity contribution in [3.8, 4) is 0 Å². The van der Waals surface area contributed by atoms with Crippen LogP contribution in [-0.2, 0) is 33.3 Å². The first-order valence-electron chi connectivity index (χ1n) is 8.31. The van der Waals surface area contributed by atoms with Crippen LogP contribution in [0.1, 0.15) is 27.0 Å². The van der Waals surface area contributed by atoms with Crippen LogP contribution in [0.2, 0.25) is 0 Å². The highest BCUT2D eigenvalue weighted by atomic mass is 16.7. The van der Waals surface area contributed by atoms with Gasteiger partial charge in [-0.05, 0) is 0 Å². The summed E-state index contributed by atoms with van der Waals surface area (Å²) in [5.74, 6) is -1.86. The van der Waals surface area contributed by atoms with Crippen LogP contribution in [0.4, 0.5) is 0 Å². The molecule has 0 bridgehead atoms. The topological polar surface area (TPSA) is 152 Å². The number of nitrogens with one attached hydrogen (secondary N) is 1. The monoisotopic (exact) mass is 394 g/mol. The van der Waals surface area contributed by atoms with E-state index < -0.39 is 48.0 Å². The van der Waals surface area contributed by atoms with Crippen molar-refractivity contribution >= 4 is 29.1 Å². The molecule has 1 saturated heterocycles. The van der Waals surface area contributed by atoms with Crippen LogP contribution >= 0.6 is 0 Å².